The summed E-state index contributed by atoms with van der Waals surface area (Å²) in [5.41, 5.74) is 4.82. The molecule has 0 unspecified atom stereocenters. The maximum atomic E-state index is 13.6. The van der Waals surface area contributed by atoms with Crippen LogP contribution in [0.4, 0.5) is 136 Å². The Bertz CT molecular complexity index is 6690. The van der Waals surface area contributed by atoms with Crippen LogP contribution in [0.2, 0.25) is 10.0 Å². The zero-order valence-corrected chi connectivity index (χ0v) is 81.0. The SMILES string of the molecule is CC(C)S(=O)(=O)c1ccccc1Nc1nc(Nc2ccc(P(C)(C)=O)cc2)ncc1Cl.COc1cc(P(C)(C)=O)ccc1Nc1ncc(Cl)c(Nc2ccccc2S(=O)(=O)C(C)C)n1.CP(C)(=O)c1ccc(Nc2nc(Nc3ccc(N4CCOCC4)cc3)ncc2C(F)(F)F)cc1.CP(C)(=O)c1ccc(Nc2ncc(C(F)(F)F)c(Nc3ccc(Nc4ccccc4)cc3)n2)cc1. The number of morpholine rings is 1. The minimum absolute atomic E-state index is 0.00760. The lowest BCUT2D eigenvalue weighted by Crippen LogP contribution is -2.36. The highest BCUT2D eigenvalue weighted by Crippen LogP contribution is 2.44. The van der Waals surface area contributed by atoms with Crippen molar-refractivity contribution in [2.24, 2.45) is 0 Å². The van der Waals surface area contributed by atoms with Gasteiger partial charge in [-0.05, 0) is 257 Å². The first-order valence-corrected chi connectivity index (χ1v) is 55.2. The van der Waals surface area contributed by atoms with E-state index in [1.165, 1.54) is 19.5 Å². The van der Waals surface area contributed by atoms with E-state index < -0.39 is 82.2 Å². The predicted molar refractivity (Wildman–Crippen MR) is 526 cm³/mol. The Morgan fingerprint density at radius 2 is 0.677 bits per heavy atom. The van der Waals surface area contributed by atoms with E-state index in [-0.39, 0.29) is 66.9 Å². The number of hydrogen-bond acceptors (Lipinski definition) is 28. The number of para-hydroxylation sites is 3. The summed E-state index contributed by atoms with van der Waals surface area (Å²) in [7, 11) is -15.2. The topological polar surface area (TPSA) is 370 Å². The van der Waals surface area contributed by atoms with Gasteiger partial charge in [0, 0.05) is 92.2 Å². The summed E-state index contributed by atoms with van der Waals surface area (Å²) >= 11 is 12.5. The van der Waals surface area contributed by atoms with Gasteiger partial charge in [0.15, 0.2) is 31.3 Å². The van der Waals surface area contributed by atoms with Gasteiger partial charge in [-0.3, -0.25) is 0 Å². The Morgan fingerprint density at radius 3 is 1.04 bits per heavy atom. The van der Waals surface area contributed by atoms with Crippen molar-refractivity contribution in [1.29, 1.82) is 0 Å². The fourth-order valence-corrected chi connectivity index (χ4v) is 18.6. The van der Waals surface area contributed by atoms with Crippen molar-refractivity contribution >= 4 is 202 Å². The monoisotopic (exact) mass is 1970 g/mol. The van der Waals surface area contributed by atoms with Crippen LogP contribution in [-0.4, -0.2) is 154 Å². The highest BCUT2D eigenvalue weighted by atomic mass is 35.5. The molecule has 0 bridgehead atoms. The summed E-state index contributed by atoms with van der Waals surface area (Å²) in [5.74, 6) is 0.758. The molecule has 0 aliphatic carbocycles. The number of methoxy groups -OCH3 is 1. The zero-order chi connectivity index (χ0) is 96.6. The Kier molecular flexibility index (Phi) is 33.1. The number of rotatable bonds is 28. The van der Waals surface area contributed by atoms with E-state index in [0.717, 1.165) is 47.8 Å². The van der Waals surface area contributed by atoms with E-state index >= 15 is 0 Å². The third-order valence-corrected chi connectivity index (χ3v) is 30.9. The third-order valence-electron chi connectivity index (χ3n) is 19.8. The van der Waals surface area contributed by atoms with Crippen molar-refractivity contribution in [3.63, 3.8) is 0 Å². The van der Waals surface area contributed by atoms with Gasteiger partial charge in [-0.15, -0.1) is 0 Å². The maximum Gasteiger partial charge on any atom is 0.421 e. The summed E-state index contributed by atoms with van der Waals surface area (Å²) in [4.78, 5) is 35.5. The number of ether oxygens (including phenoxy) is 2. The summed E-state index contributed by atoms with van der Waals surface area (Å²) in [6.07, 6.45) is -4.95. The van der Waals surface area contributed by atoms with Crippen LogP contribution in [0.15, 0.2) is 253 Å². The number of nitrogens with one attached hydrogen (secondary N) is 9. The summed E-state index contributed by atoms with van der Waals surface area (Å²) in [5, 5.41) is 28.8. The van der Waals surface area contributed by atoms with E-state index in [1.807, 2.05) is 54.6 Å². The molecule has 1 saturated heterocycles. The first-order chi connectivity index (χ1) is 62.6. The highest BCUT2D eigenvalue weighted by Gasteiger charge is 2.37. The minimum atomic E-state index is -4.64. The molecule has 0 saturated carbocycles. The molecule has 0 radical (unpaired) electrons. The lowest BCUT2D eigenvalue weighted by atomic mass is 10.2. The maximum absolute atomic E-state index is 13.6. The second-order valence-corrected chi connectivity index (χ2v) is 50.6. The van der Waals surface area contributed by atoms with Gasteiger partial charge in [0.1, 0.15) is 67.1 Å². The summed E-state index contributed by atoms with van der Waals surface area (Å²) in [6, 6.07) is 62.7. The second-order valence-electron chi connectivity index (χ2n) is 32.0. The van der Waals surface area contributed by atoms with Crippen LogP contribution in [0.1, 0.15) is 38.8 Å². The van der Waals surface area contributed by atoms with Gasteiger partial charge in [0.05, 0.1) is 70.1 Å². The lowest BCUT2D eigenvalue weighted by Gasteiger charge is -2.28. The van der Waals surface area contributed by atoms with E-state index in [2.05, 4.69) is 92.6 Å². The normalized spacial score (nSPS) is 12.6. The molecule has 1 aliphatic rings. The summed E-state index contributed by atoms with van der Waals surface area (Å²) < 4.78 is 192. The van der Waals surface area contributed by atoms with Crippen LogP contribution in [0.3, 0.4) is 0 Å². The van der Waals surface area contributed by atoms with Crippen molar-refractivity contribution < 1.29 is 70.9 Å². The molecule has 1 aliphatic heterocycles. The first kappa shape index (κ1) is 102. The largest absolute Gasteiger partial charge is 0.495 e. The van der Waals surface area contributed by atoms with Gasteiger partial charge in [0.2, 0.25) is 23.8 Å². The zero-order valence-electron chi connectivity index (χ0n) is 74.3. The van der Waals surface area contributed by atoms with E-state index in [1.54, 1.807) is 245 Å². The average Bonchev–Trinajstić information content (AvgIpc) is 0.784. The van der Waals surface area contributed by atoms with Crippen molar-refractivity contribution in [1.82, 2.24) is 39.9 Å². The number of anilines is 19. The Labute approximate surface area is 777 Å². The minimum Gasteiger partial charge on any atom is -0.495 e. The molecule has 9 aromatic carbocycles. The van der Waals surface area contributed by atoms with Gasteiger partial charge in [-0.2, -0.15) is 46.3 Å². The molecule has 13 aromatic rings. The van der Waals surface area contributed by atoms with Gasteiger partial charge in [-0.1, -0.05) is 65.7 Å². The molecule has 42 heteroatoms. The van der Waals surface area contributed by atoms with E-state index in [0.29, 0.717) is 80.4 Å². The number of aromatic nitrogens is 8. The Hall–Kier alpha value is -12.0. The van der Waals surface area contributed by atoms with E-state index in [9.17, 15) is 61.4 Å². The van der Waals surface area contributed by atoms with E-state index in [4.69, 9.17) is 32.7 Å². The number of benzene rings is 9. The predicted octanol–water partition coefficient (Wildman–Crippen LogP) is 22.1. The van der Waals surface area contributed by atoms with Crippen molar-refractivity contribution in [2.45, 2.75) is 60.3 Å². The number of hydrogen-bond donors (Lipinski definition) is 9. The molecule has 0 amide bonds. The first-order valence-electron chi connectivity index (χ1n) is 40.9. The standard InChI is InChI=1S/C25H23F3N5OP.C23H25F3N5O2P.C22H26ClN4O4PS.C21H24ClN4O3PS/c1-35(2,34)21-14-12-20(13-15-21)32-24-29-16-22(25(26,27)28)23(33-24)31-19-10-8-18(9-11-19)30-17-6-4-3-5-7-17;1-34(2,32)19-9-5-16(6-10-19)28-21-20(23(24,25)26)15-27-22(30-21)29-17-3-7-18(8-4-17)31-11-13-33-14-12-31;1-14(2)33(29,30)20-9-7-6-8-18(20)25-21-16(23)13-24-22(27-21)26-17-11-10-15(32(4,5)28)12-19(17)31-3;1-14(2)31(28,29)19-8-6-5-7-18(19)25-20-17(22)13-23-21(26-20)24-15-9-11-16(12-10-15)30(3,4)27/h3-16,30H,1-2H3,(H2,29,31,32,33);3-10,15H,11-14H2,1-2H3,(H2,27,28,29,30);6-14H,1-5H3,(H2,24,25,26,27);5-14H,1-4H3,(H2,23,24,25,26). The fourth-order valence-electron chi connectivity index (χ4n) is 12.4. The molecule has 700 valence electrons. The molecule has 1 fully saturated rings. The molecule has 4 aromatic heterocycles. The third kappa shape index (κ3) is 28.3. The molecule has 0 spiro atoms. The Balaban J connectivity index is 0.000000171. The highest BCUT2D eigenvalue weighted by molar-refractivity contribution is 7.92. The number of nitrogens with zero attached hydrogens (tertiary/aromatic N) is 9. The Morgan fingerprint density at radius 1 is 0.368 bits per heavy atom. The average molecular weight is 1980 g/mol. The molecule has 14 rings (SSSR count). The van der Waals surface area contributed by atoms with Crippen molar-refractivity contribution in [2.75, 3.05) is 139 Å². The van der Waals surface area contributed by atoms with Crippen LogP contribution in [0.25, 0.3) is 0 Å². The van der Waals surface area contributed by atoms with Gasteiger partial charge >= 0.3 is 12.4 Å². The van der Waals surface area contributed by atoms with Crippen LogP contribution >= 0.6 is 51.8 Å². The molecule has 5 heterocycles. The number of halogens is 8. The van der Waals surface area contributed by atoms with Crippen LogP contribution in [-0.2, 0) is 55.0 Å². The lowest BCUT2D eigenvalue weighted by molar-refractivity contribution is -0.138. The van der Waals surface area contributed by atoms with Crippen molar-refractivity contribution in [3.05, 3.63) is 264 Å². The smallest absolute Gasteiger partial charge is 0.421 e. The van der Waals surface area contributed by atoms with Crippen LogP contribution < -0.4 is 78.7 Å². The molecule has 28 nitrogen and oxygen atoms in total. The van der Waals surface area contributed by atoms with Crippen LogP contribution in [0.5, 0.6) is 5.75 Å². The molecule has 133 heavy (non-hydrogen) atoms. The fraction of sp³-hybridized carbons (Fsp3) is 0.231. The molecule has 0 atom stereocenters. The van der Waals surface area contributed by atoms with Gasteiger partial charge < -0.3 is 80.5 Å². The van der Waals surface area contributed by atoms with Crippen molar-refractivity contribution in [3.8, 4) is 5.75 Å². The number of sulfone groups is 2. The molecule has 9 N–H and O–H groups in total. The molecular formula is C91H98Cl2F6N18O10P4S2. The number of alkyl halides is 6. The summed E-state index contributed by atoms with van der Waals surface area (Å²) in [6.45, 7) is 22.9. The second kappa shape index (κ2) is 43.4. The van der Waals surface area contributed by atoms with Gasteiger partial charge in [0.25, 0.3) is 0 Å². The van der Waals surface area contributed by atoms with Crippen LogP contribution in [0, 0.1) is 0 Å². The van der Waals surface area contributed by atoms with Gasteiger partial charge in [-0.25, -0.2) is 36.8 Å². The quantitative estimate of drug-likeness (QED) is 0.0162. The molecular weight excluding hydrogens is 1880 g/mol.